The third-order valence-electron chi connectivity index (χ3n) is 5.01. The molecule has 22 heavy (non-hydrogen) atoms. The van der Waals surface area contributed by atoms with E-state index in [1.165, 1.54) is 0 Å². The average Bonchev–Trinajstić information content (AvgIpc) is 3.05. The van der Waals surface area contributed by atoms with Gasteiger partial charge in [0, 0.05) is 12.6 Å². The van der Waals surface area contributed by atoms with Crippen LogP contribution >= 0.6 is 0 Å². The lowest BCUT2D eigenvalue weighted by atomic mass is 9.77. The number of nitrogens with one attached hydrogen (secondary N) is 1. The molecule has 1 aliphatic carbocycles. The first-order valence-electron chi connectivity index (χ1n) is 8.10. The molecule has 1 amide bonds. The summed E-state index contributed by atoms with van der Waals surface area (Å²) in [5.74, 6) is 0.909. The average molecular weight is 305 g/mol. The highest BCUT2D eigenvalue weighted by Crippen LogP contribution is 2.42. The van der Waals surface area contributed by atoms with Crippen LogP contribution in [0.4, 0.5) is 0 Å². The van der Waals surface area contributed by atoms with E-state index in [4.69, 9.17) is 4.74 Å². The van der Waals surface area contributed by atoms with Crippen LogP contribution < -0.4 is 10.1 Å². The predicted octanol–water partition coefficient (Wildman–Crippen LogP) is 2.64. The lowest BCUT2D eigenvalue weighted by Crippen LogP contribution is -2.48. The molecule has 0 heterocycles. The second-order valence-corrected chi connectivity index (χ2v) is 6.44. The summed E-state index contributed by atoms with van der Waals surface area (Å²) >= 11 is 0. The lowest BCUT2D eigenvalue weighted by molar-refractivity contribution is -0.127. The molecule has 2 atom stereocenters. The van der Waals surface area contributed by atoms with E-state index in [2.05, 4.69) is 5.32 Å². The summed E-state index contributed by atoms with van der Waals surface area (Å²) < 4.78 is 5.31. The Bertz CT molecular complexity index is 509. The van der Waals surface area contributed by atoms with Crippen molar-refractivity contribution in [3.8, 4) is 5.75 Å². The van der Waals surface area contributed by atoms with Crippen LogP contribution in [0.3, 0.4) is 0 Å². The molecule has 0 spiro atoms. The maximum Gasteiger partial charge on any atom is 0.230 e. The van der Waals surface area contributed by atoms with Crippen LogP contribution in [0, 0.1) is 5.92 Å². The Hall–Kier alpha value is -1.55. The van der Waals surface area contributed by atoms with Crippen molar-refractivity contribution in [3.63, 3.8) is 0 Å². The normalized spacial score (nSPS) is 19.5. The van der Waals surface area contributed by atoms with Crippen molar-refractivity contribution in [1.29, 1.82) is 0 Å². The Kier molecular flexibility index (Phi) is 5.46. The fraction of sp³-hybridized carbons (Fsp3) is 0.611. The van der Waals surface area contributed by atoms with Gasteiger partial charge >= 0.3 is 0 Å². The Morgan fingerprint density at radius 2 is 2.05 bits per heavy atom. The summed E-state index contributed by atoms with van der Waals surface area (Å²) in [4.78, 5) is 13.0. The summed E-state index contributed by atoms with van der Waals surface area (Å²) in [5.41, 5.74) is 0.573. The molecular formula is C18H27NO3. The molecular weight excluding hydrogens is 278 g/mol. The number of aliphatic hydroxyl groups is 1. The Morgan fingerprint density at radius 3 is 2.64 bits per heavy atom. The molecule has 2 rings (SSSR count). The molecule has 0 radical (unpaired) electrons. The van der Waals surface area contributed by atoms with Gasteiger partial charge in [0.15, 0.2) is 0 Å². The number of benzene rings is 1. The molecule has 122 valence electrons. The molecule has 2 N–H and O–H groups in total. The fourth-order valence-electron chi connectivity index (χ4n) is 3.19. The van der Waals surface area contributed by atoms with E-state index >= 15 is 0 Å². The zero-order chi connectivity index (χ0) is 16.2. The number of carbonyl (C=O) groups is 1. The molecule has 2 unspecified atom stereocenters. The van der Waals surface area contributed by atoms with Gasteiger partial charge in [-0.05, 0) is 43.4 Å². The second kappa shape index (κ2) is 7.14. The topological polar surface area (TPSA) is 58.6 Å². The van der Waals surface area contributed by atoms with Crippen LogP contribution in [0.5, 0.6) is 5.75 Å². The van der Waals surface area contributed by atoms with Gasteiger partial charge in [-0.25, -0.2) is 0 Å². The molecule has 0 saturated heterocycles. The van der Waals surface area contributed by atoms with Crippen LogP contribution in [-0.2, 0) is 10.2 Å². The number of hydrogen-bond donors (Lipinski definition) is 2. The first-order chi connectivity index (χ1) is 10.5. The number of hydrogen-bond acceptors (Lipinski definition) is 3. The van der Waals surface area contributed by atoms with Gasteiger partial charge in [0.25, 0.3) is 0 Å². The van der Waals surface area contributed by atoms with E-state index in [1.807, 2.05) is 38.1 Å². The van der Waals surface area contributed by atoms with Crippen molar-refractivity contribution < 1.29 is 14.6 Å². The van der Waals surface area contributed by atoms with Crippen molar-refractivity contribution in [2.45, 2.75) is 51.0 Å². The zero-order valence-electron chi connectivity index (χ0n) is 13.8. The maximum atomic E-state index is 13.0. The van der Waals surface area contributed by atoms with E-state index in [0.717, 1.165) is 37.0 Å². The highest BCUT2D eigenvalue weighted by atomic mass is 16.5. The van der Waals surface area contributed by atoms with Crippen molar-refractivity contribution in [2.24, 2.45) is 5.92 Å². The number of methoxy groups -OCH3 is 1. The SMILES string of the molecule is COc1cccc(C2(C(=O)NC(C)C(C)CO)CCCC2)c1. The molecule has 1 aromatic rings. The van der Waals surface area contributed by atoms with Gasteiger partial charge in [-0.3, -0.25) is 4.79 Å². The minimum absolute atomic E-state index is 0.0411. The zero-order valence-corrected chi connectivity index (χ0v) is 13.8. The van der Waals surface area contributed by atoms with Crippen LogP contribution in [0.2, 0.25) is 0 Å². The summed E-state index contributed by atoms with van der Waals surface area (Å²) in [6.07, 6.45) is 3.86. The third-order valence-corrected chi connectivity index (χ3v) is 5.01. The lowest BCUT2D eigenvalue weighted by Gasteiger charge is -2.31. The van der Waals surface area contributed by atoms with Gasteiger partial charge in [0.1, 0.15) is 5.75 Å². The van der Waals surface area contributed by atoms with Gasteiger partial charge in [-0.15, -0.1) is 0 Å². The number of rotatable bonds is 6. The number of amides is 1. The van der Waals surface area contributed by atoms with Gasteiger partial charge in [0.2, 0.25) is 5.91 Å². The monoisotopic (exact) mass is 305 g/mol. The molecule has 1 aliphatic rings. The predicted molar refractivity (Wildman–Crippen MR) is 87.0 cm³/mol. The minimum atomic E-state index is -0.460. The maximum absolute atomic E-state index is 13.0. The first kappa shape index (κ1) is 16.8. The standard InChI is InChI=1S/C18H27NO3/c1-13(12-20)14(2)19-17(21)18(9-4-5-10-18)15-7-6-8-16(11-15)22-3/h6-8,11,13-14,20H,4-5,9-10,12H2,1-3H3,(H,19,21). The smallest absolute Gasteiger partial charge is 0.230 e. The van der Waals surface area contributed by atoms with Crippen molar-refractivity contribution >= 4 is 5.91 Å². The Morgan fingerprint density at radius 1 is 1.36 bits per heavy atom. The molecule has 0 aromatic heterocycles. The summed E-state index contributed by atoms with van der Waals surface area (Å²) in [6, 6.07) is 7.81. The summed E-state index contributed by atoms with van der Waals surface area (Å²) in [7, 11) is 1.64. The minimum Gasteiger partial charge on any atom is -0.497 e. The molecule has 4 heteroatoms. The number of aliphatic hydroxyl groups excluding tert-OH is 1. The quantitative estimate of drug-likeness (QED) is 0.849. The van der Waals surface area contributed by atoms with Crippen molar-refractivity contribution in [2.75, 3.05) is 13.7 Å². The van der Waals surface area contributed by atoms with Crippen LogP contribution in [0.15, 0.2) is 24.3 Å². The molecule has 1 saturated carbocycles. The molecule has 1 aromatic carbocycles. The first-order valence-corrected chi connectivity index (χ1v) is 8.10. The van der Waals surface area contributed by atoms with E-state index in [9.17, 15) is 9.90 Å². The van der Waals surface area contributed by atoms with Crippen molar-refractivity contribution in [3.05, 3.63) is 29.8 Å². The number of ether oxygens (including phenoxy) is 1. The molecule has 4 nitrogen and oxygen atoms in total. The Labute approximate surface area is 132 Å². The molecule has 1 fully saturated rings. The van der Waals surface area contributed by atoms with Gasteiger partial charge in [-0.1, -0.05) is 31.9 Å². The van der Waals surface area contributed by atoms with Crippen LogP contribution in [0.25, 0.3) is 0 Å². The van der Waals surface area contributed by atoms with Crippen LogP contribution in [0.1, 0.15) is 45.1 Å². The summed E-state index contributed by atoms with van der Waals surface area (Å²) in [5, 5.41) is 12.4. The van der Waals surface area contributed by atoms with E-state index in [-0.39, 0.29) is 24.5 Å². The highest BCUT2D eigenvalue weighted by Gasteiger charge is 2.43. The second-order valence-electron chi connectivity index (χ2n) is 6.44. The largest absolute Gasteiger partial charge is 0.497 e. The van der Waals surface area contributed by atoms with Gasteiger partial charge in [-0.2, -0.15) is 0 Å². The number of carbonyl (C=O) groups excluding carboxylic acids is 1. The fourth-order valence-corrected chi connectivity index (χ4v) is 3.19. The van der Waals surface area contributed by atoms with Gasteiger partial charge in [0.05, 0.1) is 12.5 Å². The Balaban J connectivity index is 2.26. The van der Waals surface area contributed by atoms with Gasteiger partial charge < -0.3 is 15.2 Å². The highest BCUT2D eigenvalue weighted by molar-refractivity contribution is 5.89. The molecule has 0 aliphatic heterocycles. The third kappa shape index (κ3) is 3.27. The van der Waals surface area contributed by atoms with Crippen LogP contribution in [-0.4, -0.2) is 30.8 Å². The summed E-state index contributed by atoms with van der Waals surface area (Å²) in [6.45, 7) is 3.97. The van der Waals surface area contributed by atoms with Crippen molar-refractivity contribution in [1.82, 2.24) is 5.32 Å². The van der Waals surface area contributed by atoms with E-state index in [1.54, 1.807) is 7.11 Å². The van der Waals surface area contributed by atoms with E-state index in [0.29, 0.717) is 0 Å². The van der Waals surface area contributed by atoms with E-state index < -0.39 is 5.41 Å². The molecule has 0 bridgehead atoms.